The Bertz CT molecular complexity index is 730. The second kappa shape index (κ2) is 4.52. The molecule has 19 heavy (non-hydrogen) atoms. The SMILES string of the molecule is Cc1cc(C(O)c2ccc3ccccc3c2)n(C)n1. The number of aliphatic hydroxyl groups excluding tert-OH is 1. The van der Waals surface area contributed by atoms with Crippen molar-refractivity contribution in [2.24, 2.45) is 7.05 Å². The van der Waals surface area contributed by atoms with Gasteiger partial charge in [-0.1, -0.05) is 36.4 Å². The van der Waals surface area contributed by atoms with E-state index in [-0.39, 0.29) is 0 Å². The fourth-order valence-corrected chi connectivity index (χ4v) is 2.44. The predicted octanol–water partition coefficient (Wildman–Crippen LogP) is 2.96. The van der Waals surface area contributed by atoms with Gasteiger partial charge < -0.3 is 5.11 Å². The highest BCUT2D eigenvalue weighted by Crippen LogP contribution is 2.25. The molecule has 0 amide bonds. The summed E-state index contributed by atoms with van der Waals surface area (Å²) in [5, 5.41) is 17.1. The van der Waals surface area contributed by atoms with E-state index in [0.717, 1.165) is 22.3 Å². The van der Waals surface area contributed by atoms with Gasteiger partial charge in [0.15, 0.2) is 0 Å². The van der Waals surface area contributed by atoms with Crippen molar-refractivity contribution in [1.82, 2.24) is 9.78 Å². The minimum absolute atomic E-state index is 0.643. The molecule has 2 aromatic carbocycles. The van der Waals surface area contributed by atoms with Crippen LogP contribution in [0, 0.1) is 6.92 Å². The largest absolute Gasteiger partial charge is 0.382 e. The van der Waals surface area contributed by atoms with Crippen LogP contribution in [0.25, 0.3) is 10.8 Å². The van der Waals surface area contributed by atoms with E-state index in [1.807, 2.05) is 50.4 Å². The van der Waals surface area contributed by atoms with E-state index < -0.39 is 6.10 Å². The first kappa shape index (κ1) is 11.9. The summed E-state index contributed by atoms with van der Waals surface area (Å²) in [6.07, 6.45) is -0.643. The van der Waals surface area contributed by atoms with Crippen LogP contribution in [0.1, 0.15) is 23.1 Å². The lowest BCUT2D eigenvalue weighted by Gasteiger charge is -2.12. The molecule has 0 spiro atoms. The number of benzene rings is 2. The van der Waals surface area contributed by atoms with Crippen LogP contribution in [0.4, 0.5) is 0 Å². The molecule has 0 saturated heterocycles. The van der Waals surface area contributed by atoms with Crippen LogP contribution in [-0.2, 0) is 7.05 Å². The van der Waals surface area contributed by atoms with Crippen molar-refractivity contribution >= 4 is 10.8 Å². The van der Waals surface area contributed by atoms with E-state index in [0.29, 0.717) is 0 Å². The van der Waals surface area contributed by atoms with Gasteiger partial charge in [-0.15, -0.1) is 0 Å². The molecule has 0 aliphatic carbocycles. The van der Waals surface area contributed by atoms with Crippen molar-refractivity contribution < 1.29 is 5.11 Å². The maximum Gasteiger partial charge on any atom is 0.121 e. The first-order valence-corrected chi connectivity index (χ1v) is 6.32. The highest BCUT2D eigenvalue weighted by molar-refractivity contribution is 5.83. The number of aryl methyl sites for hydroxylation is 2. The van der Waals surface area contributed by atoms with Crippen molar-refractivity contribution in [2.45, 2.75) is 13.0 Å². The summed E-state index contributed by atoms with van der Waals surface area (Å²) < 4.78 is 1.73. The van der Waals surface area contributed by atoms with Crippen molar-refractivity contribution in [2.75, 3.05) is 0 Å². The number of fused-ring (bicyclic) bond motifs is 1. The van der Waals surface area contributed by atoms with Crippen LogP contribution < -0.4 is 0 Å². The molecule has 0 fully saturated rings. The van der Waals surface area contributed by atoms with Gasteiger partial charge in [-0.05, 0) is 35.4 Å². The molecule has 0 aliphatic rings. The second-order valence-corrected chi connectivity index (χ2v) is 4.84. The van der Waals surface area contributed by atoms with Gasteiger partial charge in [0.05, 0.1) is 11.4 Å². The van der Waals surface area contributed by atoms with Gasteiger partial charge in [0.25, 0.3) is 0 Å². The van der Waals surface area contributed by atoms with E-state index in [2.05, 4.69) is 17.2 Å². The quantitative estimate of drug-likeness (QED) is 0.761. The van der Waals surface area contributed by atoms with E-state index in [9.17, 15) is 5.11 Å². The Hall–Kier alpha value is -2.13. The molecule has 0 saturated carbocycles. The van der Waals surface area contributed by atoms with Crippen LogP contribution >= 0.6 is 0 Å². The summed E-state index contributed by atoms with van der Waals surface area (Å²) in [7, 11) is 1.85. The van der Waals surface area contributed by atoms with E-state index >= 15 is 0 Å². The third kappa shape index (κ3) is 2.13. The lowest BCUT2D eigenvalue weighted by Crippen LogP contribution is -2.06. The Morgan fingerprint density at radius 1 is 1.05 bits per heavy atom. The number of aromatic nitrogens is 2. The molecule has 3 rings (SSSR count). The average Bonchev–Trinajstić information content (AvgIpc) is 2.76. The summed E-state index contributed by atoms with van der Waals surface area (Å²) in [5.41, 5.74) is 2.62. The van der Waals surface area contributed by atoms with E-state index in [4.69, 9.17) is 0 Å². The Kier molecular flexibility index (Phi) is 2.84. The fourth-order valence-electron chi connectivity index (χ4n) is 2.44. The highest BCUT2D eigenvalue weighted by Gasteiger charge is 2.15. The molecule has 1 atom stereocenters. The Labute approximate surface area is 112 Å². The van der Waals surface area contributed by atoms with Gasteiger partial charge in [0.1, 0.15) is 6.10 Å². The van der Waals surface area contributed by atoms with Crippen LogP contribution in [0.15, 0.2) is 48.5 Å². The topological polar surface area (TPSA) is 38.0 Å². The van der Waals surface area contributed by atoms with Gasteiger partial charge in [-0.2, -0.15) is 5.10 Å². The predicted molar refractivity (Wildman–Crippen MR) is 76.0 cm³/mol. The molecule has 1 aromatic heterocycles. The van der Waals surface area contributed by atoms with Crippen LogP contribution in [0.5, 0.6) is 0 Å². The summed E-state index contributed by atoms with van der Waals surface area (Å²) in [6, 6.07) is 16.1. The minimum Gasteiger partial charge on any atom is -0.382 e. The Morgan fingerprint density at radius 3 is 2.47 bits per heavy atom. The number of rotatable bonds is 2. The first-order valence-electron chi connectivity index (χ1n) is 6.32. The molecule has 0 bridgehead atoms. The molecular weight excluding hydrogens is 236 g/mol. The number of aliphatic hydroxyl groups is 1. The summed E-state index contributed by atoms with van der Waals surface area (Å²) in [4.78, 5) is 0. The number of hydrogen-bond acceptors (Lipinski definition) is 2. The molecule has 3 aromatic rings. The molecule has 3 nitrogen and oxygen atoms in total. The van der Waals surface area contributed by atoms with Crippen LogP contribution in [0.2, 0.25) is 0 Å². The number of hydrogen-bond donors (Lipinski definition) is 1. The van der Waals surface area contributed by atoms with Gasteiger partial charge in [-0.25, -0.2) is 0 Å². The van der Waals surface area contributed by atoms with Crippen molar-refractivity contribution in [1.29, 1.82) is 0 Å². The van der Waals surface area contributed by atoms with Crippen molar-refractivity contribution in [3.8, 4) is 0 Å². The highest BCUT2D eigenvalue weighted by atomic mass is 16.3. The Morgan fingerprint density at radius 2 is 1.79 bits per heavy atom. The summed E-state index contributed by atoms with van der Waals surface area (Å²) in [6.45, 7) is 1.93. The zero-order chi connectivity index (χ0) is 13.4. The Balaban J connectivity index is 2.06. The van der Waals surface area contributed by atoms with Crippen molar-refractivity contribution in [3.05, 3.63) is 65.5 Å². The molecule has 0 radical (unpaired) electrons. The zero-order valence-corrected chi connectivity index (χ0v) is 11.0. The summed E-state index contributed by atoms with van der Waals surface area (Å²) in [5.74, 6) is 0. The maximum absolute atomic E-state index is 10.5. The van der Waals surface area contributed by atoms with E-state index in [1.165, 1.54) is 5.39 Å². The van der Waals surface area contributed by atoms with Gasteiger partial charge in [-0.3, -0.25) is 4.68 Å². The minimum atomic E-state index is -0.643. The molecule has 1 heterocycles. The monoisotopic (exact) mass is 252 g/mol. The molecule has 0 aliphatic heterocycles. The second-order valence-electron chi connectivity index (χ2n) is 4.84. The maximum atomic E-state index is 10.5. The van der Waals surface area contributed by atoms with Gasteiger partial charge in [0.2, 0.25) is 0 Å². The van der Waals surface area contributed by atoms with Gasteiger partial charge >= 0.3 is 0 Å². The first-order chi connectivity index (χ1) is 9.15. The van der Waals surface area contributed by atoms with Crippen molar-refractivity contribution in [3.63, 3.8) is 0 Å². The molecule has 3 heteroatoms. The molecular formula is C16H16N2O. The fraction of sp³-hybridized carbons (Fsp3) is 0.188. The smallest absolute Gasteiger partial charge is 0.121 e. The van der Waals surface area contributed by atoms with Crippen LogP contribution in [0.3, 0.4) is 0 Å². The lowest BCUT2D eigenvalue weighted by molar-refractivity contribution is 0.210. The van der Waals surface area contributed by atoms with Gasteiger partial charge in [0, 0.05) is 7.05 Å². The molecule has 1 unspecified atom stereocenters. The molecule has 96 valence electrons. The normalized spacial score (nSPS) is 12.8. The zero-order valence-electron chi connectivity index (χ0n) is 11.0. The van der Waals surface area contributed by atoms with E-state index in [1.54, 1.807) is 4.68 Å². The molecule has 1 N–H and O–H groups in total. The number of nitrogens with zero attached hydrogens (tertiary/aromatic N) is 2. The summed E-state index contributed by atoms with van der Waals surface area (Å²) >= 11 is 0. The lowest BCUT2D eigenvalue weighted by atomic mass is 10.0. The van der Waals surface area contributed by atoms with Crippen LogP contribution in [-0.4, -0.2) is 14.9 Å². The third-order valence-corrected chi connectivity index (χ3v) is 3.41. The third-order valence-electron chi connectivity index (χ3n) is 3.41. The standard InChI is InChI=1S/C16H16N2O/c1-11-9-15(18(2)17-11)16(19)14-8-7-12-5-3-4-6-13(12)10-14/h3-10,16,19H,1-2H3. The average molecular weight is 252 g/mol.